The van der Waals surface area contributed by atoms with Crippen molar-refractivity contribution in [3.8, 4) is 11.5 Å². The van der Waals surface area contributed by atoms with Crippen molar-refractivity contribution in [3.63, 3.8) is 0 Å². The Morgan fingerprint density at radius 1 is 1.06 bits per heavy atom. The fourth-order valence-corrected chi connectivity index (χ4v) is 4.56. The number of nitrogens with zero attached hydrogens (tertiary/aromatic N) is 2. The SMILES string of the molecule is COc1cc2[nH]c(=O)n(Cc3ccc(C(=O)NCCCN4CCC(C)CC4)cc3)c(=O)c2cc1OC. The van der Waals surface area contributed by atoms with Crippen molar-refractivity contribution >= 4 is 16.8 Å². The van der Waals surface area contributed by atoms with E-state index in [1.807, 2.05) is 0 Å². The lowest BCUT2D eigenvalue weighted by Crippen LogP contribution is -2.35. The summed E-state index contributed by atoms with van der Waals surface area (Å²) in [6, 6.07) is 10.1. The van der Waals surface area contributed by atoms with Crippen molar-refractivity contribution in [3.05, 3.63) is 68.4 Å². The Bertz CT molecular complexity index is 1320. The molecule has 0 radical (unpaired) electrons. The summed E-state index contributed by atoms with van der Waals surface area (Å²) >= 11 is 0. The second-order valence-electron chi connectivity index (χ2n) is 9.40. The summed E-state index contributed by atoms with van der Waals surface area (Å²) in [4.78, 5) is 43.4. The van der Waals surface area contributed by atoms with E-state index in [9.17, 15) is 14.4 Å². The number of H-pyrrole nitrogens is 1. The fourth-order valence-electron chi connectivity index (χ4n) is 4.56. The summed E-state index contributed by atoms with van der Waals surface area (Å²) in [5.41, 5.74) is 0.700. The number of hydrogen-bond acceptors (Lipinski definition) is 6. The maximum Gasteiger partial charge on any atom is 0.329 e. The van der Waals surface area contributed by atoms with Crippen LogP contribution < -0.4 is 26.0 Å². The van der Waals surface area contributed by atoms with Gasteiger partial charge in [0.2, 0.25) is 0 Å². The number of fused-ring (bicyclic) bond motifs is 1. The minimum absolute atomic E-state index is 0.0782. The second kappa shape index (κ2) is 11.4. The van der Waals surface area contributed by atoms with Crippen LogP contribution in [-0.4, -0.2) is 60.8 Å². The van der Waals surface area contributed by atoms with Crippen LogP contribution in [0.25, 0.3) is 10.9 Å². The highest BCUT2D eigenvalue weighted by Crippen LogP contribution is 2.29. The number of ether oxygens (including phenoxy) is 2. The van der Waals surface area contributed by atoms with Crippen LogP contribution in [0.1, 0.15) is 42.1 Å². The van der Waals surface area contributed by atoms with Crippen molar-refractivity contribution in [1.29, 1.82) is 0 Å². The third kappa shape index (κ3) is 5.79. The number of amides is 1. The lowest BCUT2D eigenvalue weighted by molar-refractivity contribution is 0.0950. The van der Waals surface area contributed by atoms with Gasteiger partial charge in [-0.1, -0.05) is 19.1 Å². The Labute approximate surface area is 210 Å². The summed E-state index contributed by atoms with van der Waals surface area (Å²) in [7, 11) is 2.98. The van der Waals surface area contributed by atoms with E-state index in [-0.39, 0.29) is 12.5 Å². The standard InChI is InChI=1S/C27H34N4O5/c1-18-9-13-30(14-10-18)12-4-11-28-25(32)20-7-5-19(6-8-20)17-31-26(33)21-15-23(35-2)24(36-3)16-22(21)29-27(31)34/h5-8,15-16,18H,4,9-14,17H2,1-3H3,(H,28,32)(H,29,34). The molecular weight excluding hydrogens is 460 g/mol. The molecule has 1 aliphatic heterocycles. The molecule has 2 heterocycles. The van der Waals surface area contributed by atoms with E-state index in [4.69, 9.17) is 9.47 Å². The molecule has 0 aliphatic carbocycles. The number of hydrogen-bond donors (Lipinski definition) is 2. The molecule has 0 atom stereocenters. The molecule has 1 amide bonds. The van der Waals surface area contributed by atoms with Gasteiger partial charge in [0.1, 0.15) is 0 Å². The van der Waals surface area contributed by atoms with Crippen LogP contribution >= 0.6 is 0 Å². The number of aromatic nitrogens is 2. The smallest absolute Gasteiger partial charge is 0.329 e. The molecule has 9 nitrogen and oxygen atoms in total. The first-order valence-electron chi connectivity index (χ1n) is 12.4. The molecule has 9 heteroatoms. The van der Waals surface area contributed by atoms with Gasteiger partial charge in [0, 0.05) is 18.2 Å². The summed E-state index contributed by atoms with van der Waals surface area (Å²) in [5, 5.41) is 3.30. The lowest BCUT2D eigenvalue weighted by atomic mass is 9.99. The number of carbonyl (C=O) groups is 1. The first-order chi connectivity index (χ1) is 17.4. The number of rotatable bonds is 9. The predicted molar refractivity (Wildman–Crippen MR) is 139 cm³/mol. The Hall–Kier alpha value is -3.59. The first kappa shape index (κ1) is 25.5. The van der Waals surface area contributed by atoms with Crippen LogP contribution in [0, 0.1) is 5.92 Å². The van der Waals surface area contributed by atoms with Crippen molar-refractivity contribution in [1.82, 2.24) is 19.8 Å². The average molecular weight is 495 g/mol. The van der Waals surface area contributed by atoms with Crippen LogP contribution in [0.2, 0.25) is 0 Å². The summed E-state index contributed by atoms with van der Waals surface area (Å²) in [6.45, 7) is 6.29. The third-order valence-electron chi connectivity index (χ3n) is 6.86. The van der Waals surface area contributed by atoms with Crippen LogP contribution in [0.15, 0.2) is 46.0 Å². The van der Waals surface area contributed by atoms with E-state index in [1.54, 1.807) is 36.4 Å². The van der Waals surface area contributed by atoms with E-state index in [0.29, 0.717) is 34.5 Å². The molecule has 3 aromatic rings. The predicted octanol–water partition coefficient (Wildman–Crippen LogP) is 2.61. The Morgan fingerprint density at radius 3 is 2.39 bits per heavy atom. The molecule has 1 fully saturated rings. The van der Waals surface area contributed by atoms with Gasteiger partial charge in [0.05, 0.1) is 31.7 Å². The molecule has 1 aromatic heterocycles. The quantitative estimate of drug-likeness (QED) is 0.443. The zero-order valence-corrected chi connectivity index (χ0v) is 21.1. The van der Waals surface area contributed by atoms with Gasteiger partial charge >= 0.3 is 5.69 Å². The molecule has 192 valence electrons. The molecule has 4 rings (SSSR count). The van der Waals surface area contributed by atoms with Gasteiger partial charge in [-0.2, -0.15) is 0 Å². The number of piperidine rings is 1. The number of methoxy groups -OCH3 is 2. The molecule has 1 saturated heterocycles. The molecule has 0 saturated carbocycles. The first-order valence-corrected chi connectivity index (χ1v) is 12.4. The number of nitrogens with one attached hydrogen (secondary N) is 2. The van der Waals surface area contributed by atoms with Gasteiger partial charge in [-0.3, -0.25) is 14.2 Å². The molecule has 36 heavy (non-hydrogen) atoms. The highest BCUT2D eigenvalue weighted by molar-refractivity contribution is 5.94. The molecule has 2 aromatic carbocycles. The average Bonchev–Trinajstić information content (AvgIpc) is 2.89. The van der Waals surface area contributed by atoms with E-state index < -0.39 is 11.2 Å². The normalized spacial score (nSPS) is 14.6. The summed E-state index contributed by atoms with van der Waals surface area (Å²) in [5.74, 6) is 1.51. The maximum atomic E-state index is 13.1. The van der Waals surface area contributed by atoms with Gasteiger partial charge in [-0.05, 0) is 68.6 Å². The van der Waals surface area contributed by atoms with E-state index in [0.717, 1.165) is 42.1 Å². The minimum Gasteiger partial charge on any atom is -0.493 e. The molecular formula is C27H34N4O5. The monoisotopic (exact) mass is 494 g/mol. The Morgan fingerprint density at radius 2 is 1.72 bits per heavy atom. The number of benzene rings is 2. The van der Waals surface area contributed by atoms with Crippen molar-refractivity contribution in [2.45, 2.75) is 32.7 Å². The number of likely N-dealkylation sites (tertiary alicyclic amines) is 1. The van der Waals surface area contributed by atoms with Crippen molar-refractivity contribution in [2.75, 3.05) is 40.4 Å². The van der Waals surface area contributed by atoms with E-state index in [1.165, 1.54) is 27.1 Å². The summed E-state index contributed by atoms with van der Waals surface area (Å²) in [6.07, 6.45) is 3.42. The third-order valence-corrected chi connectivity index (χ3v) is 6.86. The van der Waals surface area contributed by atoms with Gasteiger partial charge in [-0.25, -0.2) is 4.79 Å². The van der Waals surface area contributed by atoms with E-state index in [2.05, 4.69) is 22.1 Å². The molecule has 1 aliphatic rings. The molecule has 0 unspecified atom stereocenters. The second-order valence-corrected chi connectivity index (χ2v) is 9.40. The fraction of sp³-hybridized carbons (Fsp3) is 0.444. The van der Waals surface area contributed by atoms with Crippen LogP contribution in [0.5, 0.6) is 11.5 Å². The van der Waals surface area contributed by atoms with Crippen LogP contribution in [0.4, 0.5) is 0 Å². The zero-order valence-electron chi connectivity index (χ0n) is 21.1. The van der Waals surface area contributed by atoms with Crippen LogP contribution in [-0.2, 0) is 6.54 Å². The maximum absolute atomic E-state index is 13.1. The molecule has 2 N–H and O–H groups in total. The van der Waals surface area contributed by atoms with Crippen molar-refractivity contribution in [2.24, 2.45) is 5.92 Å². The minimum atomic E-state index is -0.523. The summed E-state index contributed by atoms with van der Waals surface area (Å²) < 4.78 is 11.7. The van der Waals surface area contributed by atoms with Gasteiger partial charge in [0.25, 0.3) is 11.5 Å². The molecule has 0 spiro atoms. The highest BCUT2D eigenvalue weighted by Gasteiger charge is 2.16. The highest BCUT2D eigenvalue weighted by atomic mass is 16.5. The van der Waals surface area contributed by atoms with Gasteiger partial charge in [0.15, 0.2) is 11.5 Å². The topological polar surface area (TPSA) is 106 Å². The van der Waals surface area contributed by atoms with Crippen LogP contribution in [0.3, 0.4) is 0 Å². The van der Waals surface area contributed by atoms with Gasteiger partial charge in [-0.15, -0.1) is 0 Å². The lowest BCUT2D eigenvalue weighted by Gasteiger charge is -2.30. The van der Waals surface area contributed by atoms with E-state index >= 15 is 0 Å². The zero-order chi connectivity index (χ0) is 25.7. The largest absolute Gasteiger partial charge is 0.493 e. The number of aromatic amines is 1. The van der Waals surface area contributed by atoms with Gasteiger partial charge < -0.3 is 24.7 Å². The van der Waals surface area contributed by atoms with Crippen molar-refractivity contribution < 1.29 is 14.3 Å². The number of carbonyl (C=O) groups excluding carboxylic acids is 1. The molecule has 0 bridgehead atoms. The Balaban J connectivity index is 1.38. The Kier molecular flexibility index (Phi) is 8.10.